The Balaban J connectivity index is 2.55. The quantitative estimate of drug-likeness (QED) is 0.612. The van der Waals surface area contributed by atoms with E-state index in [1.165, 1.54) is 10.8 Å². The van der Waals surface area contributed by atoms with E-state index in [4.69, 9.17) is 0 Å². The summed E-state index contributed by atoms with van der Waals surface area (Å²) in [5.74, 6) is 0. The average molecular weight is 213 g/mol. The summed E-state index contributed by atoms with van der Waals surface area (Å²) < 4.78 is 0. The minimum absolute atomic E-state index is 0.693. The van der Waals surface area contributed by atoms with E-state index in [9.17, 15) is 4.80 Å². The Bertz CT molecular complexity index is 473. The molecule has 0 atom stereocenters. The second-order valence-corrected chi connectivity index (χ2v) is 5.31. The van der Waals surface area contributed by atoms with Gasteiger partial charge in [0.2, 0.25) is 9.04 Å². The van der Waals surface area contributed by atoms with Crippen molar-refractivity contribution >= 4 is 25.0 Å². The van der Waals surface area contributed by atoms with Crippen LogP contribution in [0.3, 0.4) is 0 Å². The van der Waals surface area contributed by atoms with Crippen LogP contribution < -0.4 is 5.19 Å². The molecule has 0 bridgehead atoms. The van der Waals surface area contributed by atoms with Gasteiger partial charge < -0.3 is 4.80 Å². The maximum atomic E-state index is 10.0. The van der Waals surface area contributed by atoms with Gasteiger partial charge in [-0.25, -0.2) is 0 Å². The van der Waals surface area contributed by atoms with Crippen molar-refractivity contribution in [1.82, 2.24) is 0 Å². The molecule has 0 saturated carbocycles. The average Bonchev–Trinajstić information content (AvgIpc) is 2.28. The molecule has 0 fully saturated rings. The topological polar surface area (TPSA) is 20.2 Å². The van der Waals surface area contributed by atoms with Crippen LogP contribution in [0.1, 0.15) is 0 Å². The number of fused-ring (bicyclic) bond motifs is 1. The fourth-order valence-corrected chi connectivity index (χ4v) is 3.04. The van der Waals surface area contributed by atoms with Crippen LogP contribution in [-0.4, -0.2) is 13.8 Å². The summed E-state index contributed by atoms with van der Waals surface area (Å²) in [6, 6.07) is 14.9. The smallest absolute Gasteiger partial charge is 0.247 e. The largest absolute Gasteiger partial charge is 0.427 e. The number of hydrogen-bond acceptors (Lipinski definition) is 1. The molecule has 2 heteroatoms. The SMILES string of the molecule is C=CC[Si](O)c1cccc2ccccc12. The van der Waals surface area contributed by atoms with Crippen LogP contribution in [-0.2, 0) is 0 Å². The van der Waals surface area contributed by atoms with Gasteiger partial charge in [-0.15, -0.1) is 6.58 Å². The van der Waals surface area contributed by atoms with Crippen molar-refractivity contribution < 1.29 is 4.80 Å². The van der Waals surface area contributed by atoms with Gasteiger partial charge in [0.1, 0.15) is 0 Å². The first-order valence-electron chi connectivity index (χ1n) is 4.97. The zero-order valence-corrected chi connectivity index (χ0v) is 9.48. The molecular formula is C13H13OSi. The maximum absolute atomic E-state index is 10.0. The standard InChI is InChI=1S/C13H13OSi/c1-2-10-15(14)13-9-5-7-11-6-3-4-8-12(11)13/h2-9,14H,1,10H2. The van der Waals surface area contributed by atoms with Gasteiger partial charge in [-0.2, -0.15) is 0 Å². The molecule has 0 saturated heterocycles. The first kappa shape index (κ1) is 10.1. The van der Waals surface area contributed by atoms with Crippen LogP contribution in [0, 0.1) is 0 Å². The monoisotopic (exact) mass is 213 g/mol. The Kier molecular flexibility index (Phi) is 2.99. The van der Waals surface area contributed by atoms with Crippen molar-refractivity contribution in [2.45, 2.75) is 6.04 Å². The predicted molar refractivity (Wildman–Crippen MR) is 66.6 cm³/mol. The Morgan fingerprint density at radius 3 is 2.67 bits per heavy atom. The first-order chi connectivity index (χ1) is 7.33. The second-order valence-electron chi connectivity index (χ2n) is 3.47. The molecule has 0 aromatic heterocycles. The zero-order valence-electron chi connectivity index (χ0n) is 8.48. The fraction of sp³-hybridized carbons (Fsp3) is 0.0769. The van der Waals surface area contributed by atoms with Crippen molar-refractivity contribution in [3.05, 3.63) is 55.1 Å². The highest BCUT2D eigenvalue weighted by molar-refractivity contribution is 6.69. The van der Waals surface area contributed by atoms with Gasteiger partial charge in [0.25, 0.3) is 0 Å². The normalized spacial score (nSPS) is 10.8. The molecule has 0 aliphatic rings. The number of allylic oxidation sites excluding steroid dienone is 1. The van der Waals surface area contributed by atoms with E-state index >= 15 is 0 Å². The van der Waals surface area contributed by atoms with E-state index in [0.717, 1.165) is 5.19 Å². The van der Waals surface area contributed by atoms with Gasteiger partial charge in [-0.3, -0.25) is 0 Å². The summed E-state index contributed by atoms with van der Waals surface area (Å²) in [6.07, 6.45) is 1.79. The van der Waals surface area contributed by atoms with Crippen LogP contribution in [0.5, 0.6) is 0 Å². The van der Waals surface area contributed by atoms with Crippen molar-refractivity contribution in [2.75, 3.05) is 0 Å². The molecule has 0 aliphatic carbocycles. The van der Waals surface area contributed by atoms with Crippen LogP contribution in [0.25, 0.3) is 10.8 Å². The lowest BCUT2D eigenvalue weighted by Gasteiger charge is -2.08. The molecule has 0 heterocycles. The van der Waals surface area contributed by atoms with E-state index in [-0.39, 0.29) is 0 Å². The number of hydrogen-bond donors (Lipinski definition) is 1. The van der Waals surface area contributed by atoms with Crippen LogP contribution in [0.2, 0.25) is 6.04 Å². The fourth-order valence-electron chi connectivity index (χ4n) is 1.72. The summed E-state index contributed by atoms with van der Waals surface area (Å²) in [7, 11) is -1.46. The van der Waals surface area contributed by atoms with E-state index < -0.39 is 9.04 Å². The molecule has 0 unspecified atom stereocenters. The van der Waals surface area contributed by atoms with Crippen molar-refractivity contribution in [2.24, 2.45) is 0 Å². The first-order valence-corrected chi connectivity index (χ1v) is 6.62. The second kappa shape index (κ2) is 4.42. The van der Waals surface area contributed by atoms with E-state index in [0.29, 0.717) is 6.04 Å². The van der Waals surface area contributed by atoms with Crippen molar-refractivity contribution in [1.29, 1.82) is 0 Å². The van der Waals surface area contributed by atoms with Gasteiger partial charge in [0, 0.05) is 0 Å². The molecule has 0 spiro atoms. The van der Waals surface area contributed by atoms with Gasteiger partial charge >= 0.3 is 0 Å². The van der Waals surface area contributed by atoms with Crippen molar-refractivity contribution in [3.63, 3.8) is 0 Å². The van der Waals surface area contributed by atoms with Crippen LogP contribution in [0.15, 0.2) is 55.1 Å². The van der Waals surface area contributed by atoms with Gasteiger partial charge in [-0.1, -0.05) is 48.5 Å². The number of rotatable bonds is 3. The molecular weight excluding hydrogens is 200 g/mol. The summed E-state index contributed by atoms with van der Waals surface area (Å²) in [6.45, 7) is 3.67. The van der Waals surface area contributed by atoms with Gasteiger partial charge in [-0.05, 0) is 22.0 Å². The minimum atomic E-state index is -1.46. The van der Waals surface area contributed by atoms with Crippen LogP contribution >= 0.6 is 0 Å². The molecule has 2 aromatic carbocycles. The predicted octanol–water partition coefficient (Wildman–Crippen LogP) is 2.22. The highest BCUT2D eigenvalue weighted by atomic mass is 28.3. The molecule has 1 radical (unpaired) electrons. The Hall–Kier alpha value is -1.38. The zero-order chi connectivity index (χ0) is 10.7. The molecule has 15 heavy (non-hydrogen) atoms. The lowest BCUT2D eigenvalue weighted by molar-refractivity contribution is 0.589. The van der Waals surface area contributed by atoms with E-state index in [2.05, 4.69) is 24.8 Å². The van der Waals surface area contributed by atoms with Gasteiger partial charge in [0.15, 0.2) is 0 Å². The van der Waals surface area contributed by atoms with Crippen LogP contribution in [0.4, 0.5) is 0 Å². The maximum Gasteiger partial charge on any atom is 0.247 e. The molecule has 75 valence electrons. The summed E-state index contributed by atoms with van der Waals surface area (Å²) in [5.41, 5.74) is 0. The summed E-state index contributed by atoms with van der Waals surface area (Å²) in [5, 5.41) is 3.44. The lowest BCUT2D eigenvalue weighted by atomic mass is 10.1. The molecule has 1 nitrogen and oxygen atoms in total. The molecule has 0 aliphatic heterocycles. The summed E-state index contributed by atoms with van der Waals surface area (Å²) >= 11 is 0. The third-order valence-corrected chi connectivity index (χ3v) is 4.17. The molecule has 1 N–H and O–H groups in total. The highest BCUT2D eigenvalue weighted by Crippen LogP contribution is 2.11. The third-order valence-electron chi connectivity index (χ3n) is 2.44. The lowest BCUT2D eigenvalue weighted by Crippen LogP contribution is -2.29. The number of benzene rings is 2. The Labute approximate surface area is 91.4 Å². The van der Waals surface area contributed by atoms with E-state index in [1.807, 2.05) is 24.3 Å². The highest BCUT2D eigenvalue weighted by Gasteiger charge is 2.12. The third kappa shape index (κ3) is 2.01. The van der Waals surface area contributed by atoms with Gasteiger partial charge in [0.05, 0.1) is 0 Å². The Morgan fingerprint density at radius 2 is 1.87 bits per heavy atom. The summed E-state index contributed by atoms with van der Waals surface area (Å²) in [4.78, 5) is 10.0. The minimum Gasteiger partial charge on any atom is -0.427 e. The molecule has 2 rings (SSSR count). The molecule has 0 amide bonds. The molecule has 2 aromatic rings. The van der Waals surface area contributed by atoms with Crippen molar-refractivity contribution in [3.8, 4) is 0 Å². The van der Waals surface area contributed by atoms with E-state index in [1.54, 1.807) is 6.08 Å². The Morgan fingerprint density at radius 1 is 1.13 bits per heavy atom.